The number of hydrogen-bond acceptors (Lipinski definition) is 9. The molecule has 0 radical (unpaired) electrons. The van der Waals surface area contributed by atoms with Crippen molar-refractivity contribution in [1.29, 1.82) is 0 Å². The molecule has 0 spiro atoms. The Morgan fingerprint density at radius 2 is 0.494 bits per heavy atom. The van der Waals surface area contributed by atoms with Gasteiger partial charge in [-0.25, -0.2) is 53.6 Å². The second-order valence-corrected chi connectivity index (χ2v) is 19.2. The first-order valence-electron chi connectivity index (χ1n) is 26.2. The zero-order valence-corrected chi connectivity index (χ0v) is 43.0. The summed E-state index contributed by atoms with van der Waals surface area (Å²) in [6.07, 6.45) is 0. The predicted octanol–water partition coefficient (Wildman–Crippen LogP) is 16.3. The van der Waals surface area contributed by atoms with E-state index in [0.717, 1.165) is 55.2 Å². The minimum atomic E-state index is -0.719. The maximum Gasteiger partial charge on any atom is 0.164 e. The number of hydrogen-bond donors (Lipinski definition) is 0. The molecule has 10 aromatic carbocycles. The minimum Gasteiger partial charge on any atom is -0.309 e. The highest BCUT2D eigenvalue weighted by Crippen LogP contribution is 2.42. The molecule has 0 saturated heterocycles. The van der Waals surface area contributed by atoms with Crippen LogP contribution < -0.4 is 0 Å². The first-order valence-corrected chi connectivity index (χ1v) is 26.2. The second-order valence-electron chi connectivity index (χ2n) is 19.2. The summed E-state index contributed by atoms with van der Waals surface area (Å²) in [6.45, 7) is 0. The number of benzene rings is 10. The monoisotopic (exact) mass is 1050 g/mol. The van der Waals surface area contributed by atoms with Crippen LogP contribution in [0.2, 0.25) is 0 Å². The topological polar surface area (TPSA) is 121 Å². The van der Waals surface area contributed by atoms with Crippen molar-refractivity contribution >= 4 is 21.8 Å². The summed E-state index contributed by atoms with van der Waals surface area (Å²) in [5.41, 5.74) is 8.97. The Balaban J connectivity index is 1.04. The van der Waals surface area contributed by atoms with Gasteiger partial charge >= 0.3 is 0 Å². The maximum atomic E-state index is 16.5. The van der Waals surface area contributed by atoms with Gasteiger partial charge < -0.3 is 4.57 Å². The van der Waals surface area contributed by atoms with Crippen LogP contribution in [-0.2, 0) is 0 Å². The summed E-state index contributed by atoms with van der Waals surface area (Å²) < 4.78 is 35.0. The van der Waals surface area contributed by atoms with E-state index < -0.39 is 11.6 Å². The van der Waals surface area contributed by atoms with Crippen LogP contribution in [0.15, 0.2) is 255 Å². The van der Waals surface area contributed by atoms with Gasteiger partial charge in [-0.15, -0.1) is 0 Å². The van der Waals surface area contributed by atoms with Crippen molar-refractivity contribution in [3.8, 4) is 119 Å². The summed E-state index contributed by atoms with van der Waals surface area (Å²) in [4.78, 5) is 45.5. The molecule has 0 aliphatic heterocycles. The molecule has 12 heteroatoms. The molecule has 382 valence electrons. The molecule has 0 aliphatic rings. The van der Waals surface area contributed by atoms with Gasteiger partial charge in [0.1, 0.15) is 11.6 Å². The van der Waals surface area contributed by atoms with Crippen molar-refractivity contribution < 1.29 is 8.78 Å². The Bertz CT molecular complexity index is 4270. The lowest BCUT2D eigenvalue weighted by molar-refractivity contribution is 0.589. The summed E-state index contributed by atoms with van der Waals surface area (Å²) in [6, 6.07) is 80.2. The van der Waals surface area contributed by atoms with Crippen LogP contribution in [-0.4, -0.2) is 49.4 Å². The highest BCUT2D eigenvalue weighted by molar-refractivity contribution is 6.12. The molecule has 81 heavy (non-hydrogen) atoms. The minimum absolute atomic E-state index is 0.188. The molecule has 0 aliphatic carbocycles. The Kier molecular flexibility index (Phi) is 12.3. The first-order chi connectivity index (χ1) is 40.0. The zero-order valence-electron chi connectivity index (χ0n) is 43.0. The molecule has 0 fully saturated rings. The fraction of sp³-hybridized carbons (Fsp3) is 0. The van der Waals surface area contributed by atoms with Gasteiger partial charge in [0.15, 0.2) is 52.4 Å². The smallest absolute Gasteiger partial charge is 0.164 e. The number of aromatic nitrogens is 10. The predicted molar refractivity (Wildman–Crippen MR) is 315 cm³/mol. The average Bonchev–Trinajstić information content (AvgIpc) is 3.38. The fourth-order valence-corrected chi connectivity index (χ4v) is 10.2. The Morgan fingerprint density at radius 3 is 0.790 bits per heavy atom. The summed E-state index contributed by atoms with van der Waals surface area (Å²) in [7, 11) is 0. The van der Waals surface area contributed by atoms with E-state index in [2.05, 4.69) is 12.1 Å². The van der Waals surface area contributed by atoms with Crippen LogP contribution in [0.3, 0.4) is 0 Å². The number of nitrogens with zero attached hydrogens (tertiary/aromatic N) is 10. The third-order valence-corrected chi connectivity index (χ3v) is 14.1. The average molecular weight is 1050 g/mol. The van der Waals surface area contributed by atoms with Crippen LogP contribution >= 0.6 is 0 Å². The second kappa shape index (κ2) is 20.7. The van der Waals surface area contributed by atoms with Crippen molar-refractivity contribution in [2.45, 2.75) is 0 Å². The van der Waals surface area contributed by atoms with Crippen molar-refractivity contribution in [1.82, 2.24) is 49.4 Å². The molecule has 14 aromatic rings. The molecular weight excluding hydrogens is 1010 g/mol. The fourth-order valence-electron chi connectivity index (χ4n) is 10.2. The number of halogens is 2. The number of rotatable bonds is 11. The molecule has 0 saturated carbocycles. The van der Waals surface area contributed by atoms with E-state index >= 15 is 8.78 Å². The van der Waals surface area contributed by atoms with Crippen LogP contribution in [0, 0.1) is 11.6 Å². The van der Waals surface area contributed by atoms with Crippen molar-refractivity contribution in [3.63, 3.8) is 0 Å². The lowest BCUT2D eigenvalue weighted by Crippen LogP contribution is -2.03. The quantitative estimate of drug-likeness (QED) is 0.125. The van der Waals surface area contributed by atoms with Crippen molar-refractivity contribution in [2.75, 3.05) is 0 Å². The summed E-state index contributed by atoms with van der Waals surface area (Å²) in [5, 5.41) is 1.58. The SMILES string of the molecule is Fc1cccc(F)c1-c1ccc(-c2nc(-c3ccccc3)nc(-c3ccccc3)n2)cc1-n1c2ccc(-c3nc(-c4ccccc4)nc(-c4ccccc4)n3)cc2c2cc(-c3nc(-c4ccccc4)nc(-c4ccccc4)n3)ccc21. The van der Waals surface area contributed by atoms with Crippen LogP contribution in [0.4, 0.5) is 8.78 Å². The number of fused-ring (bicyclic) bond motifs is 3. The zero-order chi connectivity index (χ0) is 54.2. The standard InChI is InChI=1S/C69H42F2N10/c70-55-32-19-33-56(71)60(55)52-37-34-51(69-79-65(47-28-15-5-16-29-47)74-66(80-69)48-30-17-6-18-31-48)42-59(52)81-57-38-35-49(67-75-61(43-20-7-1-8-21-43)72-62(76-67)44-22-9-2-10-23-44)40-53(57)54-41-50(36-39-58(54)81)68-77-63(45-24-11-3-12-25-45)73-64(78-68)46-26-13-4-14-27-46/h1-42H. The van der Waals surface area contributed by atoms with Crippen molar-refractivity contribution in [2.24, 2.45) is 0 Å². The molecule has 10 nitrogen and oxygen atoms in total. The van der Waals surface area contributed by atoms with Gasteiger partial charge in [0, 0.05) is 66.4 Å². The van der Waals surface area contributed by atoms with Gasteiger partial charge in [-0.05, 0) is 54.6 Å². The van der Waals surface area contributed by atoms with E-state index in [1.54, 1.807) is 12.1 Å². The van der Waals surface area contributed by atoms with E-state index in [1.165, 1.54) is 18.2 Å². The molecule has 4 aromatic heterocycles. The summed E-state index contributed by atoms with van der Waals surface area (Å²) in [5.74, 6) is 2.83. The molecule has 14 rings (SSSR count). The largest absolute Gasteiger partial charge is 0.309 e. The van der Waals surface area contributed by atoms with Gasteiger partial charge in [0.2, 0.25) is 0 Å². The Morgan fingerprint density at radius 1 is 0.235 bits per heavy atom. The van der Waals surface area contributed by atoms with Gasteiger partial charge in [-0.2, -0.15) is 0 Å². The normalized spacial score (nSPS) is 11.3. The van der Waals surface area contributed by atoms with Gasteiger partial charge in [0.05, 0.1) is 22.3 Å². The van der Waals surface area contributed by atoms with Gasteiger partial charge in [0.25, 0.3) is 0 Å². The van der Waals surface area contributed by atoms with Crippen molar-refractivity contribution in [3.05, 3.63) is 266 Å². The van der Waals surface area contributed by atoms with E-state index in [1.807, 2.05) is 217 Å². The Labute approximate surface area is 463 Å². The van der Waals surface area contributed by atoms with E-state index in [4.69, 9.17) is 44.9 Å². The molecule has 0 unspecified atom stereocenters. The molecular formula is C69H42F2N10. The van der Waals surface area contributed by atoms with Crippen LogP contribution in [0.5, 0.6) is 0 Å². The van der Waals surface area contributed by atoms with E-state index in [9.17, 15) is 0 Å². The Hall–Kier alpha value is -11.1. The van der Waals surface area contributed by atoms with Gasteiger partial charge in [-0.3, -0.25) is 0 Å². The molecule has 0 atom stereocenters. The van der Waals surface area contributed by atoms with E-state index in [-0.39, 0.29) is 5.56 Å². The third kappa shape index (κ3) is 9.32. The maximum absolute atomic E-state index is 16.5. The molecule has 0 N–H and O–H groups in total. The lowest BCUT2D eigenvalue weighted by atomic mass is 9.99. The third-order valence-electron chi connectivity index (χ3n) is 14.1. The van der Waals surface area contributed by atoms with Crippen LogP contribution in [0.25, 0.3) is 141 Å². The summed E-state index contributed by atoms with van der Waals surface area (Å²) >= 11 is 0. The molecule has 0 amide bonds. The molecule has 4 heterocycles. The van der Waals surface area contributed by atoms with E-state index in [0.29, 0.717) is 80.4 Å². The van der Waals surface area contributed by atoms with Gasteiger partial charge in [-0.1, -0.05) is 200 Å². The highest BCUT2D eigenvalue weighted by Gasteiger charge is 2.24. The lowest BCUT2D eigenvalue weighted by Gasteiger charge is -2.17. The molecule has 0 bridgehead atoms. The van der Waals surface area contributed by atoms with Crippen LogP contribution in [0.1, 0.15) is 0 Å². The first kappa shape index (κ1) is 48.3. The highest BCUT2D eigenvalue weighted by atomic mass is 19.1.